The van der Waals surface area contributed by atoms with E-state index in [2.05, 4.69) is 4.98 Å². The zero-order valence-corrected chi connectivity index (χ0v) is 18.7. The number of aryl methyl sites for hydroxylation is 1. The van der Waals surface area contributed by atoms with Crippen LogP contribution in [-0.2, 0) is 30.6 Å². The number of aromatic amines is 1. The lowest BCUT2D eigenvalue weighted by molar-refractivity contribution is 0.322. The van der Waals surface area contributed by atoms with Crippen LogP contribution in [0.5, 0.6) is 0 Å². The molecule has 4 rings (SSSR count). The van der Waals surface area contributed by atoms with Crippen LogP contribution in [0.3, 0.4) is 0 Å². The van der Waals surface area contributed by atoms with Crippen molar-refractivity contribution < 1.29 is 25.4 Å². The third-order valence-electron chi connectivity index (χ3n) is 5.07. The summed E-state index contributed by atoms with van der Waals surface area (Å²) in [6.45, 7) is 1.68. The Bertz CT molecular complexity index is 1490. The van der Waals surface area contributed by atoms with E-state index >= 15 is 0 Å². The molecular weight excluding hydrogens is 453 g/mol. The van der Waals surface area contributed by atoms with Gasteiger partial charge >= 0.3 is 0 Å². The number of hydrogen-bond acceptors (Lipinski definition) is 5. The van der Waals surface area contributed by atoms with Crippen molar-refractivity contribution in [3.63, 3.8) is 0 Å². The van der Waals surface area contributed by atoms with E-state index in [0.29, 0.717) is 16.5 Å². The highest BCUT2D eigenvalue weighted by Crippen LogP contribution is 2.31. The van der Waals surface area contributed by atoms with Crippen LogP contribution in [0.25, 0.3) is 10.9 Å². The lowest BCUT2D eigenvalue weighted by atomic mass is 10.1. The summed E-state index contributed by atoms with van der Waals surface area (Å²) in [6.07, 6.45) is 1.52. The molecule has 32 heavy (non-hydrogen) atoms. The van der Waals surface area contributed by atoms with Gasteiger partial charge in [-0.1, -0.05) is 35.9 Å². The lowest BCUT2D eigenvalue weighted by Crippen LogP contribution is -2.10. The summed E-state index contributed by atoms with van der Waals surface area (Å²) in [5.74, 6) is -0.652. The van der Waals surface area contributed by atoms with Crippen LogP contribution >= 0.6 is 0 Å². The Kier molecular flexibility index (Phi) is 5.89. The van der Waals surface area contributed by atoms with Gasteiger partial charge < -0.3 is 4.98 Å². The molecule has 9 heteroatoms. The van der Waals surface area contributed by atoms with Crippen LogP contribution in [0.4, 0.5) is 4.39 Å². The minimum atomic E-state index is -4.00. The normalized spacial score (nSPS) is 12.3. The summed E-state index contributed by atoms with van der Waals surface area (Å²) >= 11 is 0. The number of halogens is 1. The fourth-order valence-corrected chi connectivity index (χ4v) is 5.85. The highest BCUT2D eigenvalue weighted by atomic mass is 32.2. The van der Waals surface area contributed by atoms with Crippen molar-refractivity contribution in [2.24, 2.45) is 0 Å². The molecule has 0 atom stereocenters. The Labute approximate surface area is 185 Å². The predicted molar refractivity (Wildman–Crippen MR) is 118 cm³/mol. The first-order valence-corrected chi connectivity index (χ1v) is 12.6. The van der Waals surface area contributed by atoms with Gasteiger partial charge in [0.05, 0.1) is 21.3 Å². The number of benzene rings is 3. The average molecular weight is 474 g/mol. The molecular formula is C23H20FNO5S2. The first-order chi connectivity index (χ1) is 15.2. The van der Waals surface area contributed by atoms with Gasteiger partial charge in [-0.2, -0.15) is 8.42 Å². The van der Waals surface area contributed by atoms with Gasteiger partial charge in [0.2, 0.25) is 9.84 Å². The fraction of sp³-hybridized carbons (Fsp3) is 0.130. The van der Waals surface area contributed by atoms with Crippen molar-refractivity contribution in [3.8, 4) is 0 Å². The highest BCUT2D eigenvalue weighted by molar-refractivity contribution is 7.91. The smallest absolute Gasteiger partial charge is 0.296 e. The number of nitrogens with one attached hydrogen (secondary N) is 1. The molecule has 0 saturated heterocycles. The summed E-state index contributed by atoms with van der Waals surface area (Å²) in [4.78, 5) is 2.81. The number of sulfone groups is 1. The molecule has 0 saturated carbocycles. The maximum Gasteiger partial charge on any atom is 0.296 e. The molecule has 1 heterocycles. The highest BCUT2D eigenvalue weighted by Gasteiger charge is 2.24. The molecule has 1 aromatic heterocycles. The predicted octanol–water partition coefficient (Wildman–Crippen LogP) is 4.40. The van der Waals surface area contributed by atoms with Gasteiger partial charge in [0.1, 0.15) is 5.82 Å². The Morgan fingerprint density at radius 2 is 1.62 bits per heavy atom. The molecule has 0 aliphatic heterocycles. The van der Waals surface area contributed by atoms with Gasteiger partial charge in [0.15, 0.2) is 0 Å². The molecule has 3 aromatic carbocycles. The van der Waals surface area contributed by atoms with E-state index in [0.717, 1.165) is 11.6 Å². The summed E-state index contributed by atoms with van der Waals surface area (Å²) in [7, 11) is -7.94. The van der Waals surface area contributed by atoms with Gasteiger partial charge in [0, 0.05) is 17.1 Å². The molecule has 1 N–H and O–H groups in total. The molecule has 0 spiro atoms. The Hall–Kier alpha value is -3.01. The van der Waals surface area contributed by atoms with Crippen molar-refractivity contribution in [3.05, 3.63) is 89.9 Å². The van der Waals surface area contributed by atoms with E-state index in [1.165, 1.54) is 36.5 Å². The molecule has 0 radical (unpaired) electrons. The van der Waals surface area contributed by atoms with Crippen molar-refractivity contribution >= 4 is 30.9 Å². The maximum atomic E-state index is 13.6. The van der Waals surface area contributed by atoms with E-state index in [9.17, 15) is 21.2 Å². The monoisotopic (exact) mass is 473 g/mol. The second-order valence-corrected chi connectivity index (χ2v) is 10.8. The first-order valence-electron chi connectivity index (χ1n) is 9.74. The minimum absolute atomic E-state index is 0.00454. The summed E-state index contributed by atoms with van der Waals surface area (Å²) in [6, 6.07) is 16.3. The number of H-pyrrole nitrogens is 1. The SMILES string of the molecule is Cc1ccc(S(=O)(=O)OCCc2cccc3[nH]cc(S(=O)(=O)c4cccc(F)c4)c23)cc1. The van der Waals surface area contributed by atoms with Gasteiger partial charge in [-0.25, -0.2) is 12.8 Å². The molecule has 0 aliphatic carbocycles. The van der Waals surface area contributed by atoms with Gasteiger partial charge in [-0.05, 0) is 55.3 Å². The van der Waals surface area contributed by atoms with Crippen molar-refractivity contribution in [1.82, 2.24) is 4.98 Å². The van der Waals surface area contributed by atoms with E-state index in [-0.39, 0.29) is 27.7 Å². The minimum Gasteiger partial charge on any atom is -0.360 e. The number of fused-ring (bicyclic) bond motifs is 1. The summed E-state index contributed by atoms with van der Waals surface area (Å²) < 4.78 is 70.0. The third kappa shape index (κ3) is 4.32. The first kappa shape index (κ1) is 22.2. The molecule has 0 bridgehead atoms. The van der Waals surface area contributed by atoms with Crippen molar-refractivity contribution in [2.45, 2.75) is 28.0 Å². The fourth-order valence-electron chi connectivity index (χ4n) is 3.44. The number of aromatic nitrogens is 1. The Balaban J connectivity index is 1.63. The van der Waals surface area contributed by atoms with Gasteiger partial charge in [-0.15, -0.1) is 0 Å². The van der Waals surface area contributed by atoms with E-state index in [1.807, 2.05) is 6.92 Å². The standard InChI is InChI=1S/C23H20FNO5S2/c1-16-8-10-19(11-9-16)32(28,29)30-13-12-17-4-2-7-21-23(17)22(15-25-21)31(26,27)20-6-3-5-18(24)14-20/h2-11,14-15,25H,12-13H2,1H3. The second-order valence-electron chi connectivity index (χ2n) is 7.29. The summed E-state index contributed by atoms with van der Waals surface area (Å²) in [5.41, 5.74) is 2.09. The van der Waals surface area contributed by atoms with Crippen LogP contribution in [0.15, 0.2) is 87.6 Å². The van der Waals surface area contributed by atoms with Crippen molar-refractivity contribution in [2.75, 3.05) is 6.61 Å². The van der Waals surface area contributed by atoms with Crippen LogP contribution in [0, 0.1) is 12.7 Å². The van der Waals surface area contributed by atoms with Gasteiger partial charge in [0.25, 0.3) is 10.1 Å². The number of hydrogen-bond donors (Lipinski definition) is 1. The molecule has 0 unspecified atom stereocenters. The van der Waals surface area contributed by atoms with Crippen molar-refractivity contribution in [1.29, 1.82) is 0 Å². The van der Waals surface area contributed by atoms with E-state index in [1.54, 1.807) is 30.3 Å². The molecule has 166 valence electrons. The topological polar surface area (TPSA) is 93.3 Å². The molecule has 0 aliphatic rings. The quantitative estimate of drug-likeness (QED) is 0.402. The van der Waals surface area contributed by atoms with Gasteiger partial charge in [-0.3, -0.25) is 4.18 Å². The molecule has 6 nitrogen and oxygen atoms in total. The van der Waals surface area contributed by atoms with Crippen LogP contribution in [0.2, 0.25) is 0 Å². The second kappa shape index (κ2) is 8.50. The molecule has 4 aromatic rings. The zero-order valence-electron chi connectivity index (χ0n) is 17.1. The lowest BCUT2D eigenvalue weighted by Gasteiger charge is -2.09. The maximum absolute atomic E-state index is 13.6. The van der Waals surface area contributed by atoms with E-state index < -0.39 is 25.8 Å². The number of rotatable bonds is 7. The van der Waals surface area contributed by atoms with Crippen LogP contribution in [-0.4, -0.2) is 28.4 Å². The Morgan fingerprint density at radius 3 is 2.34 bits per heavy atom. The molecule has 0 fully saturated rings. The third-order valence-corrected chi connectivity index (χ3v) is 8.17. The molecule has 0 amide bonds. The summed E-state index contributed by atoms with van der Waals surface area (Å²) in [5, 5.41) is 0.424. The van der Waals surface area contributed by atoms with E-state index in [4.69, 9.17) is 4.18 Å². The van der Waals surface area contributed by atoms with Crippen LogP contribution < -0.4 is 0 Å². The largest absolute Gasteiger partial charge is 0.360 e. The Morgan fingerprint density at radius 1 is 0.906 bits per heavy atom. The zero-order chi connectivity index (χ0) is 22.9. The van der Waals surface area contributed by atoms with Crippen LogP contribution in [0.1, 0.15) is 11.1 Å². The average Bonchev–Trinajstić information content (AvgIpc) is 3.20.